The highest BCUT2D eigenvalue weighted by Crippen LogP contribution is 2.26. The highest BCUT2D eigenvalue weighted by Gasteiger charge is 2.33. The number of sulfone groups is 1. The van der Waals surface area contributed by atoms with Crippen LogP contribution in [0.5, 0.6) is 0 Å². The summed E-state index contributed by atoms with van der Waals surface area (Å²) in [5, 5.41) is 0.756. The first-order valence-corrected chi connectivity index (χ1v) is 10.3. The summed E-state index contributed by atoms with van der Waals surface area (Å²) in [5.74, 6) is -0.327. The number of carbonyl (C=O) groups is 1. The Bertz CT molecular complexity index is 864. The molecule has 0 aliphatic carbocycles. The van der Waals surface area contributed by atoms with Gasteiger partial charge in [0, 0.05) is 28.2 Å². The van der Waals surface area contributed by atoms with Gasteiger partial charge in [-0.1, -0.05) is 41.4 Å². The van der Waals surface area contributed by atoms with Crippen LogP contribution in [0.2, 0.25) is 10.0 Å². The minimum Gasteiger partial charge on any atom is -0.335 e. The third kappa shape index (κ3) is 4.17. The Labute approximate surface area is 157 Å². The molecule has 0 N–H and O–H groups in total. The second-order valence-electron chi connectivity index (χ2n) is 6.05. The summed E-state index contributed by atoms with van der Waals surface area (Å²) in [6, 6.07) is 12.6. The zero-order chi connectivity index (χ0) is 18.0. The van der Waals surface area contributed by atoms with E-state index in [1.807, 2.05) is 0 Å². The predicted octanol–water partition coefficient (Wildman–Crippen LogP) is 4.07. The van der Waals surface area contributed by atoms with Crippen LogP contribution in [-0.2, 0) is 9.84 Å². The predicted molar refractivity (Wildman–Crippen MR) is 99.0 cm³/mol. The lowest BCUT2D eigenvalue weighted by Crippen LogP contribution is -2.39. The maximum absolute atomic E-state index is 12.8. The van der Waals surface area contributed by atoms with Gasteiger partial charge < -0.3 is 4.90 Å². The van der Waals surface area contributed by atoms with Crippen LogP contribution in [0.3, 0.4) is 0 Å². The van der Waals surface area contributed by atoms with Crippen molar-refractivity contribution in [2.75, 3.05) is 12.3 Å². The quantitative estimate of drug-likeness (QED) is 0.780. The molecule has 4 nitrogen and oxygen atoms in total. The van der Waals surface area contributed by atoms with Crippen LogP contribution in [0.1, 0.15) is 23.2 Å². The summed E-state index contributed by atoms with van der Waals surface area (Å²) in [6.45, 7) is 0.526. The number of benzene rings is 2. The van der Waals surface area contributed by atoms with E-state index in [-0.39, 0.29) is 22.6 Å². The van der Waals surface area contributed by atoms with Crippen LogP contribution in [0.15, 0.2) is 53.4 Å². The fraction of sp³-hybridized carbons (Fsp3) is 0.278. The number of carbonyl (C=O) groups excluding carboxylic acids is 1. The summed E-state index contributed by atoms with van der Waals surface area (Å²) in [5.41, 5.74) is 0.376. The van der Waals surface area contributed by atoms with Crippen LogP contribution in [-0.4, -0.2) is 37.6 Å². The molecule has 1 atom stereocenters. The first kappa shape index (κ1) is 18.2. The molecule has 1 saturated heterocycles. The SMILES string of the molecule is O=C(c1cc(Cl)cc(Cl)c1)N1CCCC1CS(=O)(=O)c1ccccc1. The minimum atomic E-state index is -3.45. The number of halogens is 2. The largest absolute Gasteiger partial charge is 0.335 e. The maximum atomic E-state index is 12.8. The van der Waals surface area contributed by atoms with Gasteiger partial charge >= 0.3 is 0 Å². The van der Waals surface area contributed by atoms with Crippen molar-refractivity contribution in [2.24, 2.45) is 0 Å². The lowest BCUT2D eigenvalue weighted by Gasteiger charge is -2.25. The molecule has 2 aromatic carbocycles. The Balaban J connectivity index is 1.82. The first-order valence-electron chi connectivity index (χ1n) is 7.92. The van der Waals surface area contributed by atoms with Crippen LogP contribution >= 0.6 is 23.2 Å². The molecule has 0 saturated carbocycles. The molecule has 132 valence electrons. The molecule has 1 aliphatic heterocycles. The second kappa shape index (κ2) is 7.36. The molecule has 1 aliphatic rings. The molecule has 1 heterocycles. The Morgan fingerprint density at radius 3 is 2.36 bits per heavy atom. The van der Waals surface area contributed by atoms with Gasteiger partial charge in [0.1, 0.15) is 0 Å². The molecule has 1 amide bonds. The van der Waals surface area contributed by atoms with Crippen LogP contribution in [0, 0.1) is 0 Å². The van der Waals surface area contributed by atoms with E-state index in [0.717, 1.165) is 6.42 Å². The summed E-state index contributed by atoms with van der Waals surface area (Å²) >= 11 is 11.9. The monoisotopic (exact) mass is 397 g/mol. The van der Waals surface area contributed by atoms with Crippen molar-refractivity contribution >= 4 is 38.9 Å². The van der Waals surface area contributed by atoms with E-state index in [2.05, 4.69) is 0 Å². The zero-order valence-corrected chi connectivity index (χ0v) is 15.7. The third-order valence-corrected chi connectivity index (χ3v) is 6.51. The van der Waals surface area contributed by atoms with Crippen molar-refractivity contribution in [1.82, 2.24) is 4.90 Å². The van der Waals surface area contributed by atoms with Crippen molar-refractivity contribution < 1.29 is 13.2 Å². The van der Waals surface area contributed by atoms with E-state index >= 15 is 0 Å². The van der Waals surface area contributed by atoms with Gasteiger partial charge in [-0.05, 0) is 43.2 Å². The molecule has 1 fully saturated rings. The van der Waals surface area contributed by atoms with Crippen LogP contribution < -0.4 is 0 Å². The van der Waals surface area contributed by atoms with E-state index in [4.69, 9.17) is 23.2 Å². The number of amides is 1. The normalized spacial score (nSPS) is 17.7. The fourth-order valence-corrected chi connectivity index (χ4v) is 5.24. The van der Waals surface area contributed by atoms with Crippen LogP contribution in [0.4, 0.5) is 0 Å². The standard InChI is InChI=1S/C18H17Cl2NO3S/c19-14-9-13(10-15(20)11-14)18(22)21-8-4-5-16(21)12-25(23,24)17-6-2-1-3-7-17/h1-3,6-7,9-11,16H,4-5,8,12H2. The Kier molecular flexibility index (Phi) is 5.37. The lowest BCUT2D eigenvalue weighted by molar-refractivity contribution is 0.0749. The average Bonchev–Trinajstić information content (AvgIpc) is 3.01. The summed E-state index contributed by atoms with van der Waals surface area (Å²) < 4.78 is 25.2. The zero-order valence-electron chi connectivity index (χ0n) is 13.4. The van der Waals surface area contributed by atoms with Crippen LogP contribution in [0.25, 0.3) is 0 Å². The molecule has 25 heavy (non-hydrogen) atoms. The molecule has 2 aromatic rings. The summed E-state index contributed by atoms with van der Waals surface area (Å²) in [4.78, 5) is 14.7. The van der Waals surface area contributed by atoms with Gasteiger partial charge in [-0.3, -0.25) is 4.79 Å². The third-order valence-electron chi connectivity index (χ3n) is 4.26. The van der Waals surface area contributed by atoms with Crippen molar-refractivity contribution in [1.29, 1.82) is 0 Å². The number of nitrogens with zero attached hydrogens (tertiary/aromatic N) is 1. The molecule has 7 heteroatoms. The Morgan fingerprint density at radius 1 is 1.08 bits per heavy atom. The van der Waals surface area contributed by atoms with Gasteiger partial charge in [-0.2, -0.15) is 0 Å². The molecule has 0 aromatic heterocycles. The second-order valence-corrected chi connectivity index (χ2v) is 8.95. The van der Waals surface area contributed by atoms with E-state index < -0.39 is 9.84 Å². The Hall–Kier alpha value is -1.56. The number of hydrogen-bond donors (Lipinski definition) is 0. The minimum absolute atomic E-state index is 0.0863. The number of rotatable bonds is 4. The first-order chi connectivity index (χ1) is 11.9. The van der Waals surface area contributed by atoms with Gasteiger partial charge in [-0.25, -0.2) is 8.42 Å². The van der Waals surface area contributed by atoms with Gasteiger partial charge in [0.05, 0.1) is 10.6 Å². The highest BCUT2D eigenvalue weighted by molar-refractivity contribution is 7.91. The van der Waals surface area contributed by atoms with Crippen molar-refractivity contribution in [2.45, 2.75) is 23.8 Å². The van der Waals surface area contributed by atoms with E-state index in [0.29, 0.717) is 28.6 Å². The smallest absolute Gasteiger partial charge is 0.254 e. The Morgan fingerprint density at radius 2 is 1.72 bits per heavy atom. The maximum Gasteiger partial charge on any atom is 0.254 e. The summed E-state index contributed by atoms with van der Waals surface area (Å²) in [6.07, 6.45) is 1.43. The van der Waals surface area contributed by atoms with Gasteiger partial charge in [0.15, 0.2) is 9.84 Å². The average molecular weight is 398 g/mol. The molecular weight excluding hydrogens is 381 g/mol. The fourth-order valence-electron chi connectivity index (χ4n) is 3.10. The lowest BCUT2D eigenvalue weighted by atomic mass is 10.2. The molecule has 0 spiro atoms. The van der Waals surface area contributed by atoms with Gasteiger partial charge in [0.2, 0.25) is 0 Å². The van der Waals surface area contributed by atoms with E-state index in [1.165, 1.54) is 0 Å². The van der Waals surface area contributed by atoms with E-state index in [9.17, 15) is 13.2 Å². The number of likely N-dealkylation sites (tertiary alicyclic amines) is 1. The molecular formula is C18H17Cl2NO3S. The molecule has 0 bridgehead atoms. The molecule has 0 radical (unpaired) electrons. The highest BCUT2D eigenvalue weighted by atomic mass is 35.5. The van der Waals surface area contributed by atoms with E-state index in [1.54, 1.807) is 53.4 Å². The van der Waals surface area contributed by atoms with Crippen molar-refractivity contribution in [3.8, 4) is 0 Å². The van der Waals surface area contributed by atoms with Gasteiger partial charge in [0.25, 0.3) is 5.91 Å². The topological polar surface area (TPSA) is 54.5 Å². The van der Waals surface area contributed by atoms with Crippen molar-refractivity contribution in [3.63, 3.8) is 0 Å². The molecule has 1 unspecified atom stereocenters. The van der Waals surface area contributed by atoms with Gasteiger partial charge in [-0.15, -0.1) is 0 Å². The number of hydrogen-bond acceptors (Lipinski definition) is 3. The molecule has 3 rings (SSSR count). The van der Waals surface area contributed by atoms with Crippen molar-refractivity contribution in [3.05, 3.63) is 64.1 Å². The summed E-state index contributed by atoms with van der Waals surface area (Å²) in [7, 11) is -3.45.